The van der Waals surface area contributed by atoms with Crippen LogP contribution in [0.5, 0.6) is 0 Å². The smallest absolute Gasteiger partial charge is 0.200 e. The molecule has 0 fully saturated rings. The molecule has 1 aromatic rings. The first-order valence-electron chi connectivity index (χ1n) is 4.52. The molecular formula is C10H8Cl2F2O3S. The first-order chi connectivity index (χ1) is 8.10. The molecule has 0 bridgehead atoms. The number of hydrogen-bond acceptors (Lipinski definition) is 3. The Bertz CT molecular complexity index is 553. The molecular weight excluding hydrogens is 309 g/mol. The highest BCUT2D eigenvalue weighted by Gasteiger charge is 2.39. The van der Waals surface area contributed by atoms with Gasteiger partial charge >= 0.3 is 6.11 Å². The first kappa shape index (κ1) is 15.4. The summed E-state index contributed by atoms with van der Waals surface area (Å²) in [6.07, 6.45) is -2.70. The van der Waals surface area contributed by atoms with E-state index in [2.05, 4.69) is 4.18 Å². The summed E-state index contributed by atoms with van der Waals surface area (Å²) < 4.78 is 51.4. The average molecular weight is 317 g/mol. The highest BCUT2D eigenvalue weighted by Crippen LogP contribution is 2.32. The lowest BCUT2D eigenvalue weighted by Crippen LogP contribution is -2.24. The molecule has 0 amide bonds. The van der Waals surface area contributed by atoms with Crippen molar-refractivity contribution in [3.63, 3.8) is 0 Å². The van der Waals surface area contributed by atoms with Gasteiger partial charge in [-0.1, -0.05) is 35.3 Å². The van der Waals surface area contributed by atoms with E-state index in [4.69, 9.17) is 23.2 Å². The second kappa shape index (κ2) is 5.52. The number of alkyl halides is 2. The number of rotatable bonds is 4. The SMILES string of the molecule is CS(=O)(=O)OC(F)(F)/C(Cl)=C/c1ccc(Cl)cc1. The molecule has 0 unspecified atom stereocenters. The molecule has 0 aromatic heterocycles. The molecule has 3 nitrogen and oxygen atoms in total. The Hall–Kier alpha value is -0.690. The molecule has 18 heavy (non-hydrogen) atoms. The van der Waals surface area contributed by atoms with Crippen LogP contribution >= 0.6 is 23.2 Å². The number of halogens is 4. The molecule has 1 rings (SSSR count). The van der Waals surface area contributed by atoms with Crippen LogP contribution in [0.4, 0.5) is 8.78 Å². The van der Waals surface area contributed by atoms with Gasteiger partial charge in [0.1, 0.15) is 5.03 Å². The molecule has 0 heterocycles. The summed E-state index contributed by atoms with van der Waals surface area (Å²) in [5.41, 5.74) is 0.334. The van der Waals surface area contributed by atoms with Crippen molar-refractivity contribution in [2.24, 2.45) is 0 Å². The third kappa shape index (κ3) is 4.89. The minimum Gasteiger partial charge on any atom is -0.200 e. The van der Waals surface area contributed by atoms with Crippen LogP contribution in [0.1, 0.15) is 5.56 Å². The van der Waals surface area contributed by atoms with Gasteiger partial charge in [0.05, 0.1) is 6.26 Å². The quantitative estimate of drug-likeness (QED) is 0.799. The van der Waals surface area contributed by atoms with Crippen molar-refractivity contribution in [3.8, 4) is 0 Å². The molecule has 0 atom stereocenters. The Morgan fingerprint density at radius 2 is 1.83 bits per heavy atom. The van der Waals surface area contributed by atoms with Crippen molar-refractivity contribution in [2.75, 3.05) is 6.26 Å². The molecule has 0 aliphatic heterocycles. The van der Waals surface area contributed by atoms with E-state index in [1.807, 2.05) is 0 Å². The van der Waals surface area contributed by atoms with E-state index < -0.39 is 21.3 Å². The summed E-state index contributed by atoms with van der Waals surface area (Å²) in [5, 5.41) is -0.613. The van der Waals surface area contributed by atoms with E-state index >= 15 is 0 Å². The van der Waals surface area contributed by atoms with E-state index in [0.717, 1.165) is 6.08 Å². The third-order valence-corrected chi connectivity index (χ3v) is 2.79. The molecule has 100 valence electrons. The van der Waals surface area contributed by atoms with Gasteiger partial charge in [0.2, 0.25) is 0 Å². The van der Waals surface area contributed by atoms with Crippen LogP contribution in [0.15, 0.2) is 29.3 Å². The highest BCUT2D eigenvalue weighted by molar-refractivity contribution is 7.86. The Morgan fingerprint density at radius 3 is 2.28 bits per heavy atom. The predicted molar refractivity (Wildman–Crippen MR) is 66.2 cm³/mol. The van der Waals surface area contributed by atoms with Crippen molar-refractivity contribution < 1.29 is 21.4 Å². The van der Waals surface area contributed by atoms with Crippen LogP contribution in [0.3, 0.4) is 0 Å². The van der Waals surface area contributed by atoms with Crippen LogP contribution in [-0.2, 0) is 14.3 Å². The summed E-state index contributed by atoms with van der Waals surface area (Å²) in [7, 11) is -4.32. The normalized spacial score (nSPS) is 13.7. The third-order valence-electron chi connectivity index (χ3n) is 1.70. The van der Waals surface area contributed by atoms with Gasteiger partial charge in [0, 0.05) is 5.02 Å². The predicted octanol–water partition coefficient (Wildman–Crippen LogP) is 3.49. The van der Waals surface area contributed by atoms with Crippen molar-refractivity contribution in [3.05, 3.63) is 39.9 Å². The van der Waals surface area contributed by atoms with Crippen LogP contribution in [-0.4, -0.2) is 20.8 Å². The van der Waals surface area contributed by atoms with E-state index in [-0.39, 0.29) is 0 Å². The van der Waals surface area contributed by atoms with Crippen LogP contribution in [0.25, 0.3) is 6.08 Å². The van der Waals surface area contributed by atoms with Crippen molar-refractivity contribution in [1.29, 1.82) is 0 Å². The molecule has 8 heteroatoms. The summed E-state index contributed by atoms with van der Waals surface area (Å²) in [5.74, 6) is 0. The van der Waals surface area contributed by atoms with Crippen molar-refractivity contribution >= 4 is 39.4 Å². The topological polar surface area (TPSA) is 43.4 Å². The molecule has 0 saturated heterocycles. The van der Waals surface area contributed by atoms with E-state index in [1.54, 1.807) is 0 Å². The Labute approximate surface area is 113 Å². The Kier molecular flexibility index (Phi) is 4.72. The molecule has 1 aromatic carbocycles. The maximum atomic E-state index is 13.3. The Balaban J connectivity index is 2.98. The van der Waals surface area contributed by atoms with Gasteiger partial charge in [-0.3, -0.25) is 0 Å². The number of benzene rings is 1. The summed E-state index contributed by atoms with van der Waals surface area (Å²) in [4.78, 5) is 0. The highest BCUT2D eigenvalue weighted by atomic mass is 35.5. The molecule has 0 aliphatic carbocycles. The fourth-order valence-electron chi connectivity index (χ4n) is 1.02. The molecule has 0 radical (unpaired) electrons. The average Bonchev–Trinajstić information content (AvgIpc) is 2.17. The lowest BCUT2D eigenvalue weighted by atomic mass is 10.2. The van der Waals surface area contributed by atoms with Crippen LogP contribution in [0.2, 0.25) is 5.02 Å². The molecule has 0 saturated carbocycles. The number of hydrogen-bond donors (Lipinski definition) is 0. The minimum absolute atomic E-state index is 0.334. The standard InChI is InChI=1S/C10H8Cl2F2O3S/c1-18(15,16)17-10(13,14)9(12)6-7-2-4-8(11)5-3-7/h2-6H,1H3/b9-6-. The van der Waals surface area contributed by atoms with Gasteiger partial charge < -0.3 is 0 Å². The molecule has 0 N–H and O–H groups in total. The summed E-state index contributed by atoms with van der Waals surface area (Å²) >= 11 is 11.0. The van der Waals surface area contributed by atoms with Gasteiger partial charge in [-0.25, -0.2) is 0 Å². The largest absolute Gasteiger partial charge is 0.407 e. The lowest BCUT2D eigenvalue weighted by molar-refractivity contribution is -0.130. The minimum atomic E-state index is -4.32. The lowest BCUT2D eigenvalue weighted by Gasteiger charge is -2.13. The van der Waals surface area contributed by atoms with Gasteiger partial charge in [0.15, 0.2) is 0 Å². The molecule has 0 spiro atoms. The van der Waals surface area contributed by atoms with E-state index in [1.165, 1.54) is 24.3 Å². The van der Waals surface area contributed by atoms with E-state index in [0.29, 0.717) is 16.8 Å². The van der Waals surface area contributed by atoms with Gasteiger partial charge in [0.25, 0.3) is 10.1 Å². The maximum Gasteiger partial charge on any atom is 0.407 e. The second-order valence-electron chi connectivity index (χ2n) is 3.35. The monoisotopic (exact) mass is 316 g/mol. The molecule has 0 aliphatic rings. The first-order valence-corrected chi connectivity index (χ1v) is 7.09. The fraction of sp³-hybridized carbons (Fsp3) is 0.200. The van der Waals surface area contributed by atoms with Crippen LogP contribution in [0, 0.1) is 0 Å². The summed E-state index contributed by atoms with van der Waals surface area (Å²) in [6, 6.07) is 5.85. The fourth-order valence-corrected chi connectivity index (χ4v) is 1.83. The van der Waals surface area contributed by atoms with Crippen molar-refractivity contribution in [1.82, 2.24) is 0 Å². The zero-order valence-corrected chi connectivity index (χ0v) is 11.4. The second-order valence-corrected chi connectivity index (χ2v) is 5.77. The van der Waals surface area contributed by atoms with Crippen LogP contribution < -0.4 is 0 Å². The Morgan fingerprint density at radius 1 is 1.33 bits per heavy atom. The van der Waals surface area contributed by atoms with Gasteiger partial charge in [-0.05, 0) is 23.8 Å². The zero-order valence-electron chi connectivity index (χ0n) is 9.03. The van der Waals surface area contributed by atoms with Crippen molar-refractivity contribution in [2.45, 2.75) is 6.11 Å². The zero-order chi connectivity index (χ0) is 14.0. The maximum absolute atomic E-state index is 13.3. The summed E-state index contributed by atoms with van der Waals surface area (Å²) in [6.45, 7) is 0. The van der Waals surface area contributed by atoms with Gasteiger partial charge in [-0.15, -0.1) is 0 Å². The van der Waals surface area contributed by atoms with E-state index in [9.17, 15) is 17.2 Å². The van der Waals surface area contributed by atoms with Gasteiger partial charge in [-0.2, -0.15) is 21.4 Å².